The van der Waals surface area contributed by atoms with Gasteiger partial charge in [-0.2, -0.15) is 9.97 Å². The topological polar surface area (TPSA) is 93.1 Å². The molecule has 0 bridgehead atoms. The molecule has 2 aromatic rings. The molecule has 126 valence electrons. The molecule has 0 saturated carbocycles. The highest BCUT2D eigenvalue weighted by molar-refractivity contribution is 4.89. The Hall–Kier alpha value is -1.80. The van der Waals surface area contributed by atoms with Crippen molar-refractivity contribution in [3.63, 3.8) is 0 Å². The van der Waals surface area contributed by atoms with Crippen LogP contribution in [0.1, 0.15) is 49.6 Å². The third-order valence-corrected chi connectivity index (χ3v) is 3.97. The quantitative estimate of drug-likeness (QED) is 0.819. The molecule has 2 aromatic heterocycles. The number of hydrogen-bond acceptors (Lipinski definition) is 8. The molecule has 1 saturated heterocycles. The number of aryl methyl sites for hydroxylation is 2. The molecule has 1 aliphatic heterocycles. The molecular formula is C15H24N6O2. The largest absolute Gasteiger partial charge is 0.340 e. The Labute approximate surface area is 135 Å². The molecule has 23 heavy (non-hydrogen) atoms. The fourth-order valence-corrected chi connectivity index (χ4v) is 2.89. The third-order valence-electron chi connectivity index (χ3n) is 3.97. The lowest BCUT2D eigenvalue weighted by atomic mass is 10.1. The van der Waals surface area contributed by atoms with E-state index < -0.39 is 0 Å². The molecule has 0 unspecified atom stereocenters. The summed E-state index contributed by atoms with van der Waals surface area (Å²) < 4.78 is 10.3. The predicted octanol–water partition coefficient (Wildman–Crippen LogP) is 1.47. The van der Waals surface area contributed by atoms with Gasteiger partial charge in [-0.25, -0.2) is 0 Å². The van der Waals surface area contributed by atoms with Gasteiger partial charge in [0.1, 0.15) is 0 Å². The first-order valence-corrected chi connectivity index (χ1v) is 8.29. The molecule has 8 nitrogen and oxygen atoms in total. The monoisotopic (exact) mass is 320 g/mol. The lowest BCUT2D eigenvalue weighted by Crippen LogP contribution is -2.45. The highest BCUT2D eigenvalue weighted by Crippen LogP contribution is 2.13. The average molecular weight is 320 g/mol. The maximum atomic E-state index is 5.26. The van der Waals surface area contributed by atoms with Crippen LogP contribution in [-0.4, -0.2) is 44.3 Å². The van der Waals surface area contributed by atoms with Crippen molar-refractivity contribution in [2.75, 3.05) is 13.1 Å². The van der Waals surface area contributed by atoms with Gasteiger partial charge in [0.05, 0.1) is 13.1 Å². The zero-order chi connectivity index (χ0) is 16.1. The maximum Gasteiger partial charge on any atom is 0.240 e. The summed E-state index contributed by atoms with van der Waals surface area (Å²) in [7, 11) is 0. The summed E-state index contributed by atoms with van der Waals surface area (Å²) in [4.78, 5) is 11.0. The van der Waals surface area contributed by atoms with Crippen molar-refractivity contribution in [1.82, 2.24) is 30.5 Å². The highest BCUT2D eigenvalue weighted by Gasteiger charge is 2.21. The number of nitrogens with zero attached hydrogens (tertiary/aromatic N) is 5. The zero-order valence-electron chi connectivity index (χ0n) is 13.8. The van der Waals surface area contributed by atoms with Gasteiger partial charge < -0.3 is 14.4 Å². The number of hydrogen-bond donors (Lipinski definition) is 1. The van der Waals surface area contributed by atoms with Crippen LogP contribution in [0.15, 0.2) is 9.05 Å². The van der Waals surface area contributed by atoms with Gasteiger partial charge in [-0.05, 0) is 25.8 Å². The molecular weight excluding hydrogens is 296 g/mol. The van der Waals surface area contributed by atoms with Gasteiger partial charge >= 0.3 is 0 Å². The Balaban J connectivity index is 1.46. The summed E-state index contributed by atoms with van der Waals surface area (Å²) in [5.74, 6) is 2.83. The van der Waals surface area contributed by atoms with Crippen molar-refractivity contribution >= 4 is 0 Å². The molecule has 1 N–H and O–H groups in total. The normalized spacial score (nSPS) is 19.3. The summed E-state index contributed by atoms with van der Waals surface area (Å²) in [6.07, 6.45) is 4.20. The zero-order valence-corrected chi connectivity index (χ0v) is 13.8. The Kier molecular flexibility index (Phi) is 5.35. The van der Waals surface area contributed by atoms with E-state index in [0.717, 1.165) is 57.0 Å². The van der Waals surface area contributed by atoms with Crippen LogP contribution in [0.2, 0.25) is 0 Å². The van der Waals surface area contributed by atoms with Crippen molar-refractivity contribution < 1.29 is 9.05 Å². The van der Waals surface area contributed by atoms with Gasteiger partial charge in [0.2, 0.25) is 11.8 Å². The average Bonchev–Trinajstić information content (AvgIpc) is 3.15. The van der Waals surface area contributed by atoms with Crippen LogP contribution in [0.4, 0.5) is 0 Å². The first-order valence-electron chi connectivity index (χ1n) is 8.29. The molecule has 1 aliphatic rings. The predicted molar refractivity (Wildman–Crippen MR) is 82.5 cm³/mol. The van der Waals surface area contributed by atoms with E-state index in [9.17, 15) is 0 Å². The molecule has 0 spiro atoms. The van der Waals surface area contributed by atoms with Gasteiger partial charge in [0.15, 0.2) is 11.6 Å². The van der Waals surface area contributed by atoms with E-state index in [2.05, 4.69) is 37.4 Å². The summed E-state index contributed by atoms with van der Waals surface area (Å²) in [5.41, 5.74) is 0. The first-order chi connectivity index (χ1) is 11.2. The summed E-state index contributed by atoms with van der Waals surface area (Å²) >= 11 is 0. The minimum Gasteiger partial charge on any atom is -0.340 e. The van der Waals surface area contributed by atoms with E-state index in [0.29, 0.717) is 24.4 Å². The lowest BCUT2D eigenvalue weighted by Gasteiger charge is -2.32. The van der Waals surface area contributed by atoms with E-state index >= 15 is 0 Å². The number of nitrogens with one attached hydrogen (secondary N) is 1. The van der Waals surface area contributed by atoms with Gasteiger partial charge in [-0.3, -0.25) is 4.90 Å². The van der Waals surface area contributed by atoms with Crippen molar-refractivity contribution in [1.29, 1.82) is 0 Å². The van der Waals surface area contributed by atoms with E-state index in [-0.39, 0.29) is 0 Å². The number of rotatable bonds is 7. The number of likely N-dealkylation sites (tertiary alicyclic amines) is 1. The molecule has 3 rings (SSSR count). The van der Waals surface area contributed by atoms with Crippen LogP contribution >= 0.6 is 0 Å². The molecule has 0 radical (unpaired) electrons. The fraction of sp³-hybridized carbons (Fsp3) is 0.733. The van der Waals surface area contributed by atoms with Crippen molar-refractivity contribution in [3.8, 4) is 0 Å². The Morgan fingerprint density at radius 2 is 2.09 bits per heavy atom. The van der Waals surface area contributed by atoms with E-state index in [1.807, 2.05) is 6.92 Å². The van der Waals surface area contributed by atoms with Crippen LogP contribution in [0.5, 0.6) is 0 Å². The van der Waals surface area contributed by atoms with E-state index in [1.165, 1.54) is 0 Å². The molecule has 8 heteroatoms. The molecule has 3 heterocycles. The van der Waals surface area contributed by atoms with E-state index in [4.69, 9.17) is 9.05 Å². The Bertz CT molecular complexity index is 611. The standard InChI is InChI=1S/C15H24N6O2/c1-3-5-13-18-15(23-19-13)8-16-12-6-4-7-21(9-12)10-14-17-11(2)22-20-14/h12,16H,3-10H2,1-2H3/t12-/m1/s1. The fourth-order valence-electron chi connectivity index (χ4n) is 2.89. The Morgan fingerprint density at radius 1 is 1.22 bits per heavy atom. The summed E-state index contributed by atoms with van der Waals surface area (Å²) in [6.45, 7) is 7.30. The smallest absolute Gasteiger partial charge is 0.240 e. The van der Waals surface area contributed by atoms with Gasteiger partial charge in [-0.1, -0.05) is 17.2 Å². The third kappa shape index (κ3) is 4.59. The molecule has 1 fully saturated rings. The van der Waals surface area contributed by atoms with Crippen LogP contribution < -0.4 is 5.32 Å². The summed E-state index contributed by atoms with van der Waals surface area (Å²) in [5, 5.41) is 11.5. The molecule has 0 amide bonds. The van der Waals surface area contributed by atoms with Crippen LogP contribution in [0.3, 0.4) is 0 Å². The second-order valence-electron chi connectivity index (χ2n) is 6.04. The lowest BCUT2D eigenvalue weighted by molar-refractivity contribution is 0.174. The van der Waals surface area contributed by atoms with Gasteiger partial charge in [0, 0.05) is 25.9 Å². The second-order valence-corrected chi connectivity index (χ2v) is 6.04. The van der Waals surface area contributed by atoms with Crippen LogP contribution in [-0.2, 0) is 19.5 Å². The van der Waals surface area contributed by atoms with Gasteiger partial charge in [-0.15, -0.1) is 0 Å². The van der Waals surface area contributed by atoms with E-state index in [1.54, 1.807) is 0 Å². The summed E-state index contributed by atoms with van der Waals surface area (Å²) in [6, 6.07) is 0.415. The highest BCUT2D eigenvalue weighted by atomic mass is 16.5. The molecule has 0 aromatic carbocycles. The molecule has 0 aliphatic carbocycles. The number of piperidine rings is 1. The molecule has 1 atom stereocenters. The minimum atomic E-state index is 0.415. The first kappa shape index (κ1) is 16.1. The SMILES string of the molecule is CCCc1noc(CN[C@@H]2CCCN(Cc3noc(C)n3)C2)n1. The van der Waals surface area contributed by atoms with Crippen LogP contribution in [0, 0.1) is 6.92 Å². The second kappa shape index (κ2) is 7.65. The Morgan fingerprint density at radius 3 is 2.87 bits per heavy atom. The number of aromatic nitrogens is 4. The van der Waals surface area contributed by atoms with Crippen molar-refractivity contribution in [2.24, 2.45) is 0 Å². The van der Waals surface area contributed by atoms with Gasteiger partial charge in [0.25, 0.3) is 0 Å². The van der Waals surface area contributed by atoms with Crippen molar-refractivity contribution in [2.45, 2.75) is 58.7 Å². The van der Waals surface area contributed by atoms with Crippen molar-refractivity contribution in [3.05, 3.63) is 23.4 Å². The van der Waals surface area contributed by atoms with Crippen LogP contribution in [0.25, 0.3) is 0 Å². The minimum absolute atomic E-state index is 0.415. The maximum absolute atomic E-state index is 5.26.